The zero-order valence-electron chi connectivity index (χ0n) is 12.3. The first kappa shape index (κ1) is 16.4. The molecule has 0 bridgehead atoms. The Kier molecular flexibility index (Phi) is 5.80. The topological polar surface area (TPSA) is 63.7 Å². The van der Waals surface area contributed by atoms with Crippen LogP contribution < -0.4 is 0 Å². The van der Waals surface area contributed by atoms with Crippen LogP contribution in [0.4, 0.5) is 0 Å². The van der Waals surface area contributed by atoms with E-state index in [0.717, 1.165) is 6.42 Å². The number of carbonyl (C=O) groups excluding carboxylic acids is 1. The van der Waals surface area contributed by atoms with Gasteiger partial charge in [-0.05, 0) is 31.6 Å². The van der Waals surface area contributed by atoms with Gasteiger partial charge in [-0.25, -0.2) is 8.42 Å². The highest BCUT2D eigenvalue weighted by molar-refractivity contribution is 7.89. The maximum atomic E-state index is 12.3. The predicted octanol–water partition coefficient (Wildman–Crippen LogP) is 1.64. The monoisotopic (exact) mass is 291 g/mol. The van der Waals surface area contributed by atoms with Crippen molar-refractivity contribution in [3.63, 3.8) is 0 Å². The third kappa shape index (κ3) is 4.45. The number of hydrogen-bond donors (Lipinski definition) is 0. The molecule has 0 radical (unpaired) electrons. The molecule has 1 aliphatic rings. The highest BCUT2D eigenvalue weighted by Gasteiger charge is 2.35. The van der Waals surface area contributed by atoms with Crippen LogP contribution in [0.3, 0.4) is 0 Å². The quantitative estimate of drug-likeness (QED) is 0.722. The van der Waals surface area contributed by atoms with Crippen LogP contribution in [0.2, 0.25) is 0 Å². The van der Waals surface area contributed by atoms with E-state index in [1.807, 2.05) is 6.92 Å². The van der Waals surface area contributed by atoms with Crippen LogP contribution in [0.5, 0.6) is 0 Å². The average Bonchev–Trinajstić information content (AvgIpc) is 2.33. The molecule has 1 rings (SSSR count). The standard InChI is InChI=1S/C13H25NO4S/c1-10-8-11(2)12(3)14(9-10)19(16,17)7-5-6-13(15)18-4/h10-12H,5-9H2,1-4H3. The molecule has 1 heterocycles. The zero-order valence-corrected chi connectivity index (χ0v) is 13.1. The second-order valence-corrected chi connectivity index (χ2v) is 7.67. The van der Waals surface area contributed by atoms with E-state index in [-0.39, 0.29) is 24.2 Å². The number of ether oxygens (including phenoxy) is 1. The number of nitrogens with zero attached hydrogens (tertiary/aromatic N) is 1. The molecule has 112 valence electrons. The summed E-state index contributed by atoms with van der Waals surface area (Å²) in [5.74, 6) is 0.427. The lowest BCUT2D eigenvalue weighted by Gasteiger charge is -2.40. The van der Waals surface area contributed by atoms with Crippen LogP contribution >= 0.6 is 0 Å². The van der Waals surface area contributed by atoms with Crippen molar-refractivity contribution in [1.29, 1.82) is 0 Å². The third-order valence-electron chi connectivity index (χ3n) is 3.91. The Bertz CT molecular complexity index is 407. The van der Waals surface area contributed by atoms with E-state index >= 15 is 0 Å². The fourth-order valence-electron chi connectivity index (χ4n) is 2.65. The molecule has 0 aliphatic carbocycles. The molecule has 0 aromatic rings. The normalized spacial score (nSPS) is 29.2. The molecule has 0 aromatic carbocycles. The van der Waals surface area contributed by atoms with Crippen molar-refractivity contribution < 1.29 is 17.9 Å². The van der Waals surface area contributed by atoms with Crippen LogP contribution in [0, 0.1) is 11.8 Å². The lowest BCUT2D eigenvalue weighted by atomic mass is 9.88. The summed E-state index contributed by atoms with van der Waals surface area (Å²) in [6.45, 7) is 6.73. The first-order valence-corrected chi connectivity index (χ1v) is 8.45. The lowest BCUT2D eigenvalue weighted by Crippen LogP contribution is -2.49. The first-order valence-electron chi connectivity index (χ1n) is 6.84. The van der Waals surface area contributed by atoms with Gasteiger partial charge in [0.05, 0.1) is 12.9 Å². The van der Waals surface area contributed by atoms with Gasteiger partial charge in [-0.2, -0.15) is 4.31 Å². The van der Waals surface area contributed by atoms with Gasteiger partial charge < -0.3 is 4.74 Å². The summed E-state index contributed by atoms with van der Waals surface area (Å²) in [6.07, 6.45) is 1.54. The molecule has 0 spiro atoms. The number of carbonyl (C=O) groups is 1. The number of sulfonamides is 1. The van der Waals surface area contributed by atoms with Crippen molar-refractivity contribution in [2.75, 3.05) is 19.4 Å². The van der Waals surface area contributed by atoms with Gasteiger partial charge in [-0.15, -0.1) is 0 Å². The van der Waals surface area contributed by atoms with E-state index in [1.54, 1.807) is 4.31 Å². The number of hydrogen-bond acceptors (Lipinski definition) is 4. The Hall–Kier alpha value is -0.620. The zero-order chi connectivity index (χ0) is 14.6. The Balaban J connectivity index is 2.62. The van der Waals surface area contributed by atoms with Crippen molar-refractivity contribution in [3.05, 3.63) is 0 Å². The SMILES string of the molecule is COC(=O)CCCS(=O)(=O)N1CC(C)CC(C)C1C. The number of piperidine rings is 1. The molecule has 1 saturated heterocycles. The molecule has 3 atom stereocenters. The van der Waals surface area contributed by atoms with Crippen molar-refractivity contribution in [3.8, 4) is 0 Å². The minimum absolute atomic E-state index is 0.0197. The highest BCUT2D eigenvalue weighted by atomic mass is 32.2. The van der Waals surface area contributed by atoms with E-state index in [0.29, 0.717) is 24.8 Å². The molecular weight excluding hydrogens is 266 g/mol. The highest BCUT2D eigenvalue weighted by Crippen LogP contribution is 2.29. The van der Waals surface area contributed by atoms with Crippen molar-refractivity contribution in [1.82, 2.24) is 4.31 Å². The summed E-state index contributed by atoms with van der Waals surface area (Å²) in [5.41, 5.74) is 0. The van der Waals surface area contributed by atoms with Gasteiger partial charge in [0.25, 0.3) is 0 Å². The molecule has 1 fully saturated rings. The molecular formula is C13H25NO4S. The fraction of sp³-hybridized carbons (Fsp3) is 0.923. The maximum Gasteiger partial charge on any atom is 0.305 e. The largest absolute Gasteiger partial charge is 0.469 e. The molecule has 3 unspecified atom stereocenters. The van der Waals surface area contributed by atoms with Crippen LogP contribution in [0.25, 0.3) is 0 Å². The molecule has 0 saturated carbocycles. The van der Waals surface area contributed by atoms with E-state index < -0.39 is 10.0 Å². The van der Waals surface area contributed by atoms with Crippen LogP contribution in [-0.4, -0.2) is 44.1 Å². The predicted molar refractivity (Wildman–Crippen MR) is 74.1 cm³/mol. The van der Waals surface area contributed by atoms with Crippen molar-refractivity contribution in [2.45, 2.75) is 46.1 Å². The van der Waals surface area contributed by atoms with Gasteiger partial charge in [-0.3, -0.25) is 4.79 Å². The van der Waals surface area contributed by atoms with Gasteiger partial charge in [0.1, 0.15) is 0 Å². The summed E-state index contributed by atoms with van der Waals surface area (Å²) in [5, 5.41) is 0. The van der Waals surface area contributed by atoms with Crippen molar-refractivity contribution >= 4 is 16.0 Å². The van der Waals surface area contributed by atoms with E-state index in [2.05, 4.69) is 18.6 Å². The summed E-state index contributed by atoms with van der Waals surface area (Å²) in [6, 6.07) is 0.0410. The minimum Gasteiger partial charge on any atom is -0.469 e. The molecule has 5 nitrogen and oxygen atoms in total. The molecule has 6 heteroatoms. The summed E-state index contributed by atoms with van der Waals surface area (Å²) >= 11 is 0. The summed E-state index contributed by atoms with van der Waals surface area (Å²) in [4.78, 5) is 11.0. The summed E-state index contributed by atoms with van der Waals surface area (Å²) in [7, 11) is -1.96. The van der Waals surface area contributed by atoms with E-state index in [1.165, 1.54) is 7.11 Å². The van der Waals surface area contributed by atoms with Gasteiger partial charge in [0.15, 0.2) is 0 Å². The molecule has 0 amide bonds. The smallest absolute Gasteiger partial charge is 0.305 e. The van der Waals surface area contributed by atoms with Gasteiger partial charge in [0.2, 0.25) is 10.0 Å². The van der Waals surface area contributed by atoms with Gasteiger partial charge in [0, 0.05) is 19.0 Å². The first-order chi connectivity index (χ1) is 8.77. The second-order valence-electron chi connectivity index (χ2n) is 5.62. The second kappa shape index (κ2) is 6.70. The molecule has 0 aromatic heterocycles. The Morgan fingerprint density at radius 1 is 1.32 bits per heavy atom. The maximum absolute atomic E-state index is 12.3. The molecule has 0 N–H and O–H groups in total. The number of rotatable bonds is 5. The molecule has 19 heavy (non-hydrogen) atoms. The van der Waals surface area contributed by atoms with Crippen molar-refractivity contribution in [2.24, 2.45) is 11.8 Å². The summed E-state index contributed by atoms with van der Waals surface area (Å²) < 4.78 is 30.8. The third-order valence-corrected chi connectivity index (χ3v) is 5.91. The van der Waals surface area contributed by atoms with Gasteiger partial charge in [-0.1, -0.05) is 13.8 Å². The van der Waals surface area contributed by atoms with E-state index in [4.69, 9.17) is 0 Å². The Morgan fingerprint density at radius 2 is 1.95 bits per heavy atom. The number of esters is 1. The average molecular weight is 291 g/mol. The van der Waals surface area contributed by atoms with Crippen LogP contribution in [0.15, 0.2) is 0 Å². The number of methoxy groups -OCH3 is 1. The Labute approximate surface area is 116 Å². The fourth-order valence-corrected chi connectivity index (χ4v) is 4.59. The Morgan fingerprint density at radius 3 is 2.53 bits per heavy atom. The van der Waals surface area contributed by atoms with Crippen LogP contribution in [-0.2, 0) is 19.6 Å². The molecule has 1 aliphatic heterocycles. The minimum atomic E-state index is -3.28. The van der Waals surface area contributed by atoms with E-state index in [9.17, 15) is 13.2 Å². The van der Waals surface area contributed by atoms with Gasteiger partial charge >= 0.3 is 5.97 Å². The van der Waals surface area contributed by atoms with Crippen LogP contribution in [0.1, 0.15) is 40.0 Å². The lowest BCUT2D eigenvalue weighted by molar-refractivity contribution is -0.140.